The summed E-state index contributed by atoms with van der Waals surface area (Å²) in [7, 11) is -1.44. The molecule has 1 N–H and O–H groups in total. The van der Waals surface area contributed by atoms with Gasteiger partial charge in [-0.05, 0) is 32.9 Å². The first-order valence-corrected chi connectivity index (χ1v) is 8.37. The zero-order valence-corrected chi connectivity index (χ0v) is 12.5. The molecule has 0 amide bonds. The van der Waals surface area contributed by atoms with Crippen molar-refractivity contribution >= 4 is 10.0 Å². The summed E-state index contributed by atoms with van der Waals surface area (Å²) in [4.78, 5) is 0.432. The van der Waals surface area contributed by atoms with E-state index in [9.17, 15) is 8.42 Å². The Hall–Kier alpha value is -0.850. The van der Waals surface area contributed by atoms with E-state index < -0.39 is 10.0 Å². The van der Waals surface area contributed by atoms with Crippen LogP contribution in [-0.4, -0.2) is 37.4 Å². The van der Waals surface area contributed by atoms with Crippen molar-refractivity contribution in [2.75, 3.05) is 20.1 Å². The van der Waals surface area contributed by atoms with E-state index in [4.69, 9.17) is 0 Å². The number of nitrogens with one attached hydrogen (secondary N) is 1. The molecule has 1 aliphatic heterocycles. The molecule has 1 saturated heterocycles. The predicted molar refractivity (Wildman–Crippen MR) is 75.5 cm³/mol. The molecule has 1 fully saturated rings. The molecule has 0 unspecified atom stereocenters. The Bertz CT molecular complexity index is 516. The number of hydrogen-bond acceptors (Lipinski definition) is 3. The molecule has 0 radical (unpaired) electrons. The molecule has 0 aliphatic carbocycles. The maximum absolute atomic E-state index is 12.6. The van der Waals surface area contributed by atoms with Gasteiger partial charge in [0.2, 0.25) is 10.0 Å². The second kappa shape index (κ2) is 6.07. The number of rotatable bonds is 5. The van der Waals surface area contributed by atoms with Gasteiger partial charge in [0.1, 0.15) is 4.90 Å². The average molecular weight is 285 g/mol. The minimum Gasteiger partial charge on any atom is -0.349 e. The highest BCUT2D eigenvalue weighted by Crippen LogP contribution is 2.22. The first-order chi connectivity index (χ1) is 9.09. The number of piperidine rings is 1. The van der Waals surface area contributed by atoms with Gasteiger partial charge < -0.3 is 9.88 Å². The van der Waals surface area contributed by atoms with Gasteiger partial charge in [-0.2, -0.15) is 4.31 Å². The molecule has 5 nitrogen and oxygen atoms in total. The summed E-state index contributed by atoms with van der Waals surface area (Å²) >= 11 is 0. The van der Waals surface area contributed by atoms with Gasteiger partial charge in [0, 0.05) is 38.1 Å². The Balaban J connectivity index is 2.29. The molecule has 2 heterocycles. The normalized spacial score (nSPS) is 17.8. The minimum absolute atomic E-state index is 0.432. The number of hydrogen-bond donors (Lipinski definition) is 1. The topological polar surface area (TPSA) is 54.3 Å². The molecule has 0 aromatic carbocycles. The Morgan fingerprint density at radius 1 is 1.26 bits per heavy atom. The molecule has 1 aromatic rings. The molecule has 0 spiro atoms. The SMILES string of the molecule is CCn1cc(S(=O)(=O)N2CCCCC2)cc1CNC. The Labute approximate surface area is 115 Å². The number of nitrogens with zero attached hydrogens (tertiary/aromatic N) is 2. The van der Waals surface area contributed by atoms with Gasteiger partial charge in [-0.15, -0.1) is 0 Å². The van der Waals surface area contributed by atoms with Crippen LogP contribution in [0.25, 0.3) is 0 Å². The smallest absolute Gasteiger partial charge is 0.244 e. The first-order valence-electron chi connectivity index (χ1n) is 6.93. The summed E-state index contributed by atoms with van der Waals surface area (Å²) in [5.41, 5.74) is 1.01. The Kier molecular flexibility index (Phi) is 4.65. The molecule has 108 valence electrons. The van der Waals surface area contributed by atoms with E-state index in [1.165, 1.54) is 0 Å². The lowest BCUT2D eigenvalue weighted by molar-refractivity contribution is 0.346. The molecule has 19 heavy (non-hydrogen) atoms. The molecule has 0 atom stereocenters. The van der Waals surface area contributed by atoms with Crippen LogP contribution in [0.3, 0.4) is 0 Å². The maximum Gasteiger partial charge on any atom is 0.244 e. The third kappa shape index (κ3) is 3.01. The van der Waals surface area contributed by atoms with Crippen LogP contribution in [-0.2, 0) is 23.1 Å². The van der Waals surface area contributed by atoms with Gasteiger partial charge in [-0.1, -0.05) is 6.42 Å². The summed E-state index contributed by atoms with van der Waals surface area (Å²) in [5, 5.41) is 3.07. The third-order valence-corrected chi connectivity index (χ3v) is 5.48. The Morgan fingerprint density at radius 3 is 2.53 bits per heavy atom. The Morgan fingerprint density at radius 2 is 1.95 bits per heavy atom. The summed E-state index contributed by atoms with van der Waals surface area (Å²) < 4.78 is 28.7. The lowest BCUT2D eigenvalue weighted by Crippen LogP contribution is -2.35. The molecular formula is C13H23N3O2S. The van der Waals surface area contributed by atoms with Crippen molar-refractivity contribution < 1.29 is 8.42 Å². The van der Waals surface area contributed by atoms with E-state index in [0.717, 1.165) is 31.5 Å². The minimum atomic E-state index is -3.31. The van der Waals surface area contributed by atoms with Crippen LogP contribution in [0.2, 0.25) is 0 Å². The van der Waals surface area contributed by atoms with Crippen LogP contribution >= 0.6 is 0 Å². The summed E-state index contributed by atoms with van der Waals surface area (Å²) in [6.45, 7) is 4.80. The number of aryl methyl sites for hydroxylation is 1. The fourth-order valence-electron chi connectivity index (χ4n) is 2.54. The lowest BCUT2D eigenvalue weighted by Gasteiger charge is -2.25. The maximum atomic E-state index is 12.6. The molecule has 1 aromatic heterocycles. The third-order valence-electron chi connectivity index (χ3n) is 3.61. The van der Waals surface area contributed by atoms with Gasteiger partial charge in [-0.25, -0.2) is 8.42 Å². The molecular weight excluding hydrogens is 262 g/mol. The monoisotopic (exact) mass is 285 g/mol. The van der Waals surface area contributed by atoms with Crippen molar-refractivity contribution in [2.45, 2.75) is 44.2 Å². The van der Waals surface area contributed by atoms with Gasteiger partial charge in [-0.3, -0.25) is 0 Å². The highest BCUT2D eigenvalue weighted by atomic mass is 32.2. The molecule has 2 rings (SSSR count). The highest BCUT2D eigenvalue weighted by molar-refractivity contribution is 7.89. The second-order valence-corrected chi connectivity index (χ2v) is 6.89. The van der Waals surface area contributed by atoms with Crippen LogP contribution in [0.5, 0.6) is 0 Å². The molecule has 6 heteroatoms. The zero-order valence-electron chi connectivity index (χ0n) is 11.7. The standard InChI is InChI=1S/C13H23N3O2S/c1-3-15-11-13(9-12(15)10-14-2)19(17,18)16-7-5-4-6-8-16/h9,11,14H,3-8,10H2,1-2H3. The summed E-state index contributed by atoms with van der Waals surface area (Å²) in [6.07, 6.45) is 4.83. The number of aromatic nitrogens is 1. The van der Waals surface area contributed by atoms with Gasteiger partial charge in [0.05, 0.1) is 0 Å². The van der Waals surface area contributed by atoms with Crippen LogP contribution in [0.1, 0.15) is 31.9 Å². The summed E-state index contributed by atoms with van der Waals surface area (Å²) in [6, 6.07) is 1.80. The molecule has 0 saturated carbocycles. The lowest BCUT2D eigenvalue weighted by atomic mass is 10.2. The van der Waals surface area contributed by atoms with Crippen molar-refractivity contribution in [2.24, 2.45) is 0 Å². The summed E-state index contributed by atoms with van der Waals surface area (Å²) in [5.74, 6) is 0. The van der Waals surface area contributed by atoms with E-state index in [2.05, 4.69) is 5.32 Å². The fraction of sp³-hybridized carbons (Fsp3) is 0.692. The largest absolute Gasteiger partial charge is 0.349 e. The van der Waals surface area contributed by atoms with Crippen LogP contribution in [0.15, 0.2) is 17.2 Å². The quantitative estimate of drug-likeness (QED) is 0.890. The van der Waals surface area contributed by atoms with Gasteiger partial charge in [0.25, 0.3) is 0 Å². The van der Waals surface area contributed by atoms with E-state index in [1.807, 2.05) is 18.5 Å². The molecule has 0 bridgehead atoms. The fourth-order valence-corrected chi connectivity index (χ4v) is 4.13. The van der Waals surface area contributed by atoms with Crippen LogP contribution in [0.4, 0.5) is 0 Å². The zero-order chi connectivity index (χ0) is 13.9. The van der Waals surface area contributed by atoms with Crippen molar-refractivity contribution in [3.63, 3.8) is 0 Å². The van der Waals surface area contributed by atoms with E-state index >= 15 is 0 Å². The van der Waals surface area contributed by atoms with E-state index in [1.54, 1.807) is 16.6 Å². The number of sulfonamides is 1. The molecule has 1 aliphatic rings. The predicted octanol–water partition coefficient (Wildman–Crippen LogP) is 1.40. The highest BCUT2D eigenvalue weighted by Gasteiger charge is 2.27. The van der Waals surface area contributed by atoms with Crippen molar-refractivity contribution in [3.8, 4) is 0 Å². The van der Waals surface area contributed by atoms with Crippen molar-refractivity contribution in [1.29, 1.82) is 0 Å². The van der Waals surface area contributed by atoms with Crippen molar-refractivity contribution in [3.05, 3.63) is 18.0 Å². The first kappa shape index (κ1) is 14.6. The van der Waals surface area contributed by atoms with Gasteiger partial charge >= 0.3 is 0 Å². The average Bonchev–Trinajstić information content (AvgIpc) is 2.84. The van der Waals surface area contributed by atoms with Crippen LogP contribution in [0, 0.1) is 0 Å². The van der Waals surface area contributed by atoms with E-state index in [0.29, 0.717) is 24.5 Å². The van der Waals surface area contributed by atoms with E-state index in [-0.39, 0.29) is 0 Å². The van der Waals surface area contributed by atoms with Crippen LogP contribution < -0.4 is 5.32 Å². The second-order valence-electron chi connectivity index (χ2n) is 4.95. The van der Waals surface area contributed by atoms with Gasteiger partial charge in [0.15, 0.2) is 0 Å². The van der Waals surface area contributed by atoms with Crippen molar-refractivity contribution in [1.82, 2.24) is 14.2 Å².